The van der Waals surface area contributed by atoms with Crippen molar-refractivity contribution in [1.29, 1.82) is 0 Å². The van der Waals surface area contributed by atoms with Gasteiger partial charge in [0.2, 0.25) is 0 Å². The SMILES string of the molecule is COc1ccccc1C[Si](C)(C)O[Si](C)(O[Si](C)(C)C)O[Si](C)(C)C[Si](C)(C)O[Si](C)(C)C. The average molecular weight is 563 g/mol. The number of ether oxygens (including phenoxy) is 1. The maximum absolute atomic E-state index is 7.02. The molecule has 1 aromatic rings. The summed E-state index contributed by atoms with van der Waals surface area (Å²) in [5, 5.41) is 0. The third-order valence-electron chi connectivity index (χ3n) is 4.66. The van der Waals surface area contributed by atoms with E-state index in [4.69, 9.17) is 21.2 Å². The summed E-state index contributed by atoms with van der Waals surface area (Å²) in [6.07, 6.45) is 0. The van der Waals surface area contributed by atoms with E-state index in [9.17, 15) is 0 Å². The van der Waals surface area contributed by atoms with E-state index < -0.39 is 50.4 Å². The molecule has 0 fully saturated rings. The predicted octanol–water partition coefficient (Wildman–Crippen LogP) is 7.24. The van der Waals surface area contributed by atoms with Crippen LogP contribution >= 0.6 is 0 Å². The van der Waals surface area contributed by atoms with Crippen LogP contribution in [0.5, 0.6) is 5.75 Å². The average Bonchev–Trinajstić information content (AvgIpc) is 2.47. The van der Waals surface area contributed by atoms with E-state index in [2.05, 4.69) is 97.2 Å². The Morgan fingerprint density at radius 2 is 1.03 bits per heavy atom. The van der Waals surface area contributed by atoms with Gasteiger partial charge in [0.05, 0.1) is 7.11 Å². The van der Waals surface area contributed by atoms with Gasteiger partial charge in [-0.2, -0.15) is 0 Å². The van der Waals surface area contributed by atoms with Crippen molar-refractivity contribution in [2.45, 2.75) is 96.8 Å². The summed E-state index contributed by atoms with van der Waals surface area (Å²) in [6.45, 7) is 29.5. The van der Waals surface area contributed by atoms with E-state index in [1.165, 1.54) is 5.56 Å². The van der Waals surface area contributed by atoms with Crippen LogP contribution in [0.2, 0.25) is 90.8 Å². The Hall–Kier alpha value is 0.161. The van der Waals surface area contributed by atoms with E-state index >= 15 is 0 Å². The minimum atomic E-state index is -2.87. The molecule has 0 aromatic heterocycles. The van der Waals surface area contributed by atoms with Gasteiger partial charge in [-0.05, 0) is 102 Å². The molecule has 0 radical (unpaired) electrons. The Morgan fingerprint density at radius 3 is 1.52 bits per heavy atom. The predicted molar refractivity (Wildman–Crippen MR) is 157 cm³/mol. The van der Waals surface area contributed by atoms with Crippen molar-refractivity contribution in [3.63, 3.8) is 0 Å². The van der Waals surface area contributed by atoms with Gasteiger partial charge >= 0.3 is 8.80 Å². The van der Waals surface area contributed by atoms with Crippen molar-refractivity contribution in [3.8, 4) is 5.75 Å². The van der Waals surface area contributed by atoms with Crippen molar-refractivity contribution >= 4 is 50.4 Å². The van der Waals surface area contributed by atoms with Gasteiger partial charge in [0.25, 0.3) is 0 Å². The smallest absolute Gasteiger partial charge is 0.466 e. The Labute approximate surface area is 210 Å². The van der Waals surface area contributed by atoms with E-state index in [1.807, 2.05) is 12.1 Å². The molecule has 33 heavy (non-hydrogen) atoms. The molecule has 11 heteroatoms. The molecule has 0 N–H and O–H groups in total. The van der Waals surface area contributed by atoms with Crippen molar-refractivity contribution in [2.24, 2.45) is 0 Å². The van der Waals surface area contributed by atoms with Crippen LogP contribution in [-0.2, 0) is 22.5 Å². The molecule has 1 aromatic carbocycles. The van der Waals surface area contributed by atoms with Crippen molar-refractivity contribution < 1.29 is 21.2 Å². The van der Waals surface area contributed by atoms with Crippen LogP contribution in [0, 0.1) is 0 Å². The highest BCUT2D eigenvalue weighted by atomic mass is 28.5. The number of methoxy groups -OCH3 is 1. The zero-order valence-electron chi connectivity index (χ0n) is 23.8. The molecule has 0 aliphatic rings. The molecule has 1 atom stereocenters. The largest absolute Gasteiger partial charge is 0.496 e. The maximum atomic E-state index is 7.02. The summed E-state index contributed by atoms with van der Waals surface area (Å²) >= 11 is 0. The van der Waals surface area contributed by atoms with Crippen LogP contribution in [0.1, 0.15) is 5.56 Å². The zero-order chi connectivity index (χ0) is 25.9. The number of rotatable bonds is 13. The van der Waals surface area contributed by atoms with Crippen LogP contribution in [0.15, 0.2) is 24.3 Å². The fourth-order valence-corrected chi connectivity index (χ4v) is 37.2. The Bertz CT molecular complexity index is 773. The number of hydrogen-bond acceptors (Lipinski definition) is 5. The standard InChI is InChI=1S/C22H50O5Si6/c1-23-22-18-16-15-17-21(22)19-30(8,9)26-33(14,25-29(5,6)7)27-32(12,13)20-31(10,11)24-28(2,3)4/h15-18H,19-20H2,1-14H3. The third kappa shape index (κ3) is 12.6. The van der Waals surface area contributed by atoms with Crippen LogP contribution < -0.4 is 4.74 Å². The van der Waals surface area contributed by atoms with Crippen LogP contribution in [-0.4, -0.2) is 57.5 Å². The van der Waals surface area contributed by atoms with E-state index in [-0.39, 0.29) is 0 Å². The monoisotopic (exact) mass is 562 g/mol. The third-order valence-corrected chi connectivity index (χ3v) is 28.7. The summed E-state index contributed by atoms with van der Waals surface area (Å²) < 4.78 is 33.0. The molecule has 1 rings (SSSR count). The Balaban J connectivity index is 3.15. The summed E-state index contributed by atoms with van der Waals surface area (Å²) in [5.74, 6) is 0.919. The summed E-state index contributed by atoms with van der Waals surface area (Å²) in [4.78, 5) is 0. The molecule has 0 heterocycles. The van der Waals surface area contributed by atoms with Crippen molar-refractivity contribution in [1.82, 2.24) is 0 Å². The van der Waals surface area contributed by atoms with Crippen LogP contribution in [0.4, 0.5) is 0 Å². The second-order valence-electron chi connectivity index (χ2n) is 12.9. The lowest BCUT2D eigenvalue weighted by Gasteiger charge is -2.44. The van der Waals surface area contributed by atoms with Gasteiger partial charge in [-0.3, -0.25) is 0 Å². The minimum absolute atomic E-state index is 0.860. The second kappa shape index (κ2) is 11.1. The Kier molecular flexibility index (Phi) is 10.4. The lowest BCUT2D eigenvalue weighted by Crippen LogP contribution is -2.61. The fraction of sp³-hybridized carbons (Fsp3) is 0.727. The van der Waals surface area contributed by atoms with Crippen LogP contribution in [0.3, 0.4) is 0 Å². The van der Waals surface area contributed by atoms with E-state index in [0.29, 0.717) is 0 Å². The van der Waals surface area contributed by atoms with Crippen LogP contribution in [0.25, 0.3) is 0 Å². The van der Waals surface area contributed by atoms with Crippen molar-refractivity contribution in [3.05, 3.63) is 29.8 Å². The van der Waals surface area contributed by atoms with Gasteiger partial charge in [-0.25, -0.2) is 0 Å². The highest BCUT2D eigenvalue weighted by Gasteiger charge is 2.50. The molecule has 0 spiro atoms. The highest BCUT2D eigenvalue weighted by Crippen LogP contribution is 2.32. The lowest BCUT2D eigenvalue weighted by atomic mass is 10.2. The first-order chi connectivity index (χ1) is 14.6. The molecule has 1 unspecified atom stereocenters. The molecule has 0 aliphatic heterocycles. The topological polar surface area (TPSA) is 46.2 Å². The number of benzene rings is 1. The van der Waals surface area contributed by atoms with Gasteiger partial charge in [0, 0.05) is 6.55 Å². The van der Waals surface area contributed by atoms with Gasteiger partial charge in [0.1, 0.15) is 5.75 Å². The van der Waals surface area contributed by atoms with Gasteiger partial charge < -0.3 is 21.2 Å². The first-order valence-corrected chi connectivity index (χ1v) is 30.4. The highest BCUT2D eigenvalue weighted by molar-refractivity contribution is 6.97. The fourth-order valence-electron chi connectivity index (χ4n) is 4.89. The Morgan fingerprint density at radius 1 is 0.576 bits per heavy atom. The quantitative estimate of drug-likeness (QED) is 0.237. The molecule has 192 valence electrons. The molecule has 0 bridgehead atoms. The molecule has 0 saturated carbocycles. The van der Waals surface area contributed by atoms with E-state index in [0.717, 1.165) is 17.5 Å². The number of para-hydroxylation sites is 1. The molecule has 0 aliphatic carbocycles. The van der Waals surface area contributed by atoms with Gasteiger partial charge in [-0.15, -0.1) is 0 Å². The molecule has 5 nitrogen and oxygen atoms in total. The minimum Gasteiger partial charge on any atom is -0.496 e. The summed E-state index contributed by atoms with van der Waals surface area (Å²) in [6, 6.07) is 9.09. The normalized spacial score (nSPS) is 15.9. The second-order valence-corrected chi connectivity index (χ2v) is 38.7. The lowest BCUT2D eigenvalue weighted by molar-refractivity contribution is 0.260. The maximum Gasteiger partial charge on any atom is 0.466 e. The first kappa shape index (κ1) is 31.2. The molecule has 0 amide bonds. The molecular formula is C22H50O5Si6. The van der Waals surface area contributed by atoms with Crippen molar-refractivity contribution in [2.75, 3.05) is 7.11 Å². The first-order valence-electron chi connectivity index (χ1n) is 12.0. The molecular weight excluding hydrogens is 513 g/mol. The zero-order valence-corrected chi connectivity index (χ0v) is 29.8. The number of hydrogen-bond donors (Lipinski definition) is 0. The van der Waals surface area contributed by atoms with Gasteiger partial charge in [0.15, 0.2) is 41.6 Å². The molecule has 0 saturated heterocycles. The van der Waals surface area contributed by atoms with Gasteiger partial charge in [-0.1, -0.05) is 18.2 Å². The summed E-state index contributed by atoms with van der Waals surface area (Å²) in [7, 11) is -10.7. The van der Waals surface area contributed by atoms with E-state index in [1.54, 1.807) is 7.11 Å². The summed E-state index contributed by atoms with van der Waals surface area (Å²) in [5.41, 5.74) is 2.23.